The first-order valence-electron chi connectivity index (χ1n) is 12.0. The Labute approximate surface area is 222 Å². The molecular weight excluding hydrogens is 514 g/mol. The number of H-pyrrole nitrogens is 1. The van der Waals surface area contributed by atoms with Gasteiger partial charge in [0.05, 0.1) is 9.75 Å². The second-order valence-corrected chi connectivity index (χ2v) is 11.3. The van der Waals surface area contributed by atoms with Crippen LogP contribution in [0, 0.1) is 13.8 Å². The van der Waals surface area contributed by atoms with Gasteiger partial charge in [0, 0.05) is 48.1 Å². The summed E-state index contributed by atoms with van der Waals surface area (Å²) in [6.07, 6.45) is 3.12. The van der Waals surface area contributed by atoms with E-state index in [1.165, 1.54) is 29.9 Å². The molecule has 0 fully saturated rings. The van der Waals surface area contributed by atoms with Gasteiger partial charge in [0.2, 0.25) is 5.88 Å². The topological polar surface area (TPSA) is 109 Å². The number of hydrogen-bond acceptors (Lipinski definition) is 6. The lowest BCUT2D eigenvalue weighted by atomic mass is 9.99. The zero-order valence-corrected chi connectivity index (χ0v) is 23.0. The highest BCUT2D eigenvalue weighted by atomic mass is 32.1. The van der Waals surface area contributed by atoms with E-state index in [0.29, 0.717) is 21.4 Å². The molecule has 0 bridgehead atoms. The number of aliphatic hydroxyl groups is 1. The van der Waals surface area contributed by atoms with Crippen molar-refractivity contribution in [1.82, 2.24) is 19.9 Å². The van der Waals surface area contributed by atoms with Crippen molar-refractivity contribution in [1.29, 1.82) is 0 Å². The lowest BCUT2D eigenvalue weighted by Gasteiger charge is -2.27. The van der Waals surface area contributed by atoms with E-state index in [9.17, 15) is 14.7 Å². The number of aryl methyl sites for hydroxylation is 3. The van der Waals surface area contributed by atoms with E-state index < -0.39 is 22.3 Å². The Kier molecular flexibility index (Phi) is 6.96. The Morgan fingerprint density at radius 2 is 1.92 bits per heavy atom. The highest BCUT2D eigenvalue weighted by Gasteiger charge is 2.49. The standard InChI is InChI=1S/C27H30F2N4O4S/c1-13(2)31-23(34)18-9-16-17(12-33(7)25(35)21(16)32-18)22-19(37-24-15(4)8-14(3)11-30-24)10-20(38-22)27(28,29)26(5,6)36/h8-13,32,36H,1-7H3,(H,31,34). The summed E-state index contributed by atoms with van der Waals surface area (Å²) in [6.45, 7) is 9.37. The van der Waals surface area contributed by atoms with Crippen LogP contribution in [-0.4, -0.2) is 37.2 Å². The van der Waals surface area contributed by atoms with Gasteiger partial charge < -0.3 is 24.7 Å². The summed E-state index contributed by atoms with van der Waals surface area (Å²) in [5.74, 6) is -3.69. The van der Waals surface area contributed by atoms with Crippen molar-refractivity contribution >= 4 is 28.1 Å². The second kappa shape index (κ2) is 9.63. The minimum Gasteiger partial charge on any atom is -0.437 e. The molecule has 0 aliphatic heterocycles. The number of carbonyl (C=O) groups excluding carboxylic acids is 1. The van der Waals surface area contributed by atoms with Crippen LogP contribution in [-0.2, 0) is 13.0 Å². The van der Waals surface area contributed by atoms with Crippen molar-refractivity contribution in [3.05, 3.63) is 62.6 Å². The molecule has 202 valence electrons. The Balaban J connectivity index is 1.97. The molecule has 4 heterocycles. The maximum Gasteiger partial charge on any atom is 0.309 e. The number of halogens is 2. The van der Waals surface area contributed by atoms with E-state index in [1.807, 2.05) is 26.8 Å². The van der Waals surface area contributed by atoms with Crippen LogP contribution >= 0.6 is 11.3 Å². The van der Waals surface area contributed by atoms with Crippen molar-refractivity contribution < 1.29 is 23.4 Å². The average molecular weight is 545 g/mol. The summed E-state index contributed by atoms with van der Waals surface area (Å²) in [5.41, 5.74) is -0.394. The number of nitrogens with one attached hydrogen (secondary N) is 2. The van der Waals surface area contributed by atoms with Gasteiger partial charge in [0.1, 0.15) is 22.6 Å². The van der Waals surface area contributed by atoms with Gasteiger partial charge in [-0.2, -0.15) is 8.78 Å². The van der Waals surface area contributed by atoms with Crippen molar-refractivity contribution in [3.63, 3.8) is 0 Å². The van der Waals surface area contributed by atoms with Crippen LogP contribution in [0.15, 0.2) is 35.4 Å². The molecule has 0 spiro atoms. The van der Waals surface area contributed by atoms with E-state index >= 15 is 8.78 Å². The molecule has 8 nitrogen and oxygen atoms in total. The number of thiophene rings is 1. The zero-order chi connectivity index (χ0) is 28.2. The molecule has 38 heavy (non-hydrogen) atoms. The van der Waals surface area contributed by atoms with Crippen LogP contribution in [0.25, 0.3) is 21.3 Å². The maximum atomic E-state index is 15.3. The lowest BCUT2D eigenvalue weighted by Crippen LogP contribution is -2.39. The Morgan fingerprint density at radius 1 is 1.24 bits per heavy atom. The molecule has 0 radical (unpaired) electrons. The molecule has 0 unspecified atom stereocenters. The van der Waals surface area contributed by atoms with Crippen LogP contribution in [0.4, 0.5) is 8.78 Å². The smallest absolute Gasteiger partial charge is 0.309 e. The van der Waals surface area contributed by atoms with Gasteiger partial charge in [-0.15, -0.1) is 11.3 Å². The average Bonchev–Trinajstić information content (AvgIpc) is 3.43. The van der Waals surface area contributed by atoms with Crippen molar-refractivity contribution in [2.45, 2.75) is 59.1 Å². The summed E-state index contributed by atoms with van der Waals surface area (Å²) < 4.78 is 38.0. The van der Waals surface area contributed by atoms with E-state index in [-0.39, 0.29) is 34.4 Å². The van der Waals surface area contributed by atoms with Gasteiger partial charge in [-0.3, -0.25) is 9.59 Å². The third kappa shape index (κ3) is 4.95. The number of aromatic nitrogens is 3. The third-order valence-electron chi connectivity index (χ3n) is 6.02. The molecule has 4 rings (SSSR count). The first-order chi connectivity index (χ1) is 17.6. The predicted octanol–water partition coefficient (Wildman–Crippen LogP) is 5.40. The van der Waals surface area contributed by atoms with Gasteiger partial charge in [0.15, 0.2) is 0 Å². The van der Waals surface area contributed by atoms with Gasteiger partial charge in [-0.25, -0.2) is 4.98 Å². The highest BCUT2D eigenvalue weighted by molar-refractivity contribution is 7.16. The number of fused-ring (bicyclic) bond motifs is 1. The van der Waals surface area contributed by atoms with E-state index in [4.69, 9.17) is 4.74 Å². The van der Waals surface area contributed by atoms with Crippen LogP contribution < -0.4 is 15.6 Å². The number of carbonyl (C=O) groups is 1. The molecule has 0 saturated carbocycles. The number of ether oxygens (including phenoxy) is 1. The molecule has 11 heteroatoms. The fourth-order valence-corrected chi connectivity index (χ4v) is 5.22. The predicted molar refractivity (Wildman–Crippen MR) is 143 cm³/mol. The summed E-state index contributed by atoms with van der Waals surface area (Å²) >= 11 is 0.740. The largest absolute Gasteiger partial charge is 0.437 e. The number of alkyl halides is 2. The number of nitrogens with zero attached hydrogens (tertiary/aromatic N) is 2. The minimum absolute atomic E-state index is 0.0858. The number of pyridine rings is 2. The first-order valence-corrected chi connectivity index (χ1v) is 12.8. The summed E-state index contributed by atoms with van der Waals surface area (Å²) in [5, 5.41) is 13.4. The minimum atomic E-state index is -3.61. The van der Waals surface area contributed by atoms with Gasteiger partial charge in [0.25, 0.3) is 11.5 Å². The SMILES string of the molecule is Cc1cnc(Oc2cc(C(F)(F)C(C)(C)O)sc2-c2cn(C)c(=O)c3[nH]c(C(=O)NC(C)C)cc23)c(C)c1. The van der Waals surface area contributed by atoms with Crippen LogP contribution in [0.3, 0.4) is 0 Å². The number of amides is 1. The quantitative estimate of drug-likeness (QED) is 0.289. The van der Waals surface area contributed by atoms with Crippen molar-refractivity contribution in [2.24, 2.45) is 7.05 Å². The van der Waals surface area contributed by atoms with Crippen molar-refractivity contribution in [2.75, 3.05) is 0 Å². The molecule has 1 amide bonds. The normalized spacial score (nSPS) is 12.4. The number of rotatable bonds is 7. The third-order valence-corrected chi connectivity index (χ3v) is 7.24. The Bertz CT molecular complexity index is 1600. The molecule has 0 aliphatic rings. The molecule has 0 aliphatic carbocycles. The molecule has 4 aromatic rings. The molecule has 4 aromatic heterocycles. The molecule has 0 aromatic carbocycles. The van der Waals surface area contributed by atoms with Crippen LogP contribution in [0.5, 0.6) is 11.6 Å². The van der Waals surface area contributed by atoms with E-state index in [2.05, 4.69) is 15.3 Å². The monoisotopic (exact) mass is 544 g/mol. The van der Waals surface area contributed by atoms with Crippen LogP contribution in [0.1, 0.15) is 54.2 Å². The fraction of sp³-hybridized carbons (Fsp3) is 0.370. The van der Waals surface area contributed by atoms with Gasteiger partial charge >= 0.3 is 5.92 Å². The maximum absolute atomic E-state index is 15.3. The fourth-order valence-electron chi connectivity index (χ4n) is 3.98. The molecule has 3 N–H and O–H groups in total. The van der Waals surface area contributed by atoms with Crippen molar-refractivity contribution in [3.8, 4) is 22.1 Å². The number of aromatic amines is 1. The molecule has 0 saturated heterocycles. The van der Waals surface area contributed by atoms with E-state index in [0.717, 1.165) is 30.7 Å². The summed E-state index contributed by atoms with van der Waals surface area (Å²) in [6, 6.07) is 4.44. The van der Waals surface area contributed by atoms with Crippen LogP contribution in [0.2, 0.25) is 0 Å². The van der Waals surface area contributed by atoms with E-state index in [1.54, 1.807) is 13.1 Å². The summed E-state index contributed by atoms with van der Waals surface area (Å²) in [4.78, 5) is 32.7. The highest BCUT2D eigenvalue weighted by Crippen LogP contribution is 2.50. The Hall–Kier alpha value is -3.57. The Morgan fingerprint density at radius 3 is 2.53 bits per heavy atom. The number of hydrogen-bond donors (Lipinski definition) is 3. The van der Waals surface area contributed by atoms with Gasteiger partial charge in [-0.05, 0) is 59.2 Å². The summed E-state index contributed by atoms with van der Waals surface area (Å²) in [7, 11) is 1.53. The second-order valence-electron chi connectivity index (χ2n) is 10.2. The molecule has 0 atom stereocenters. The lowest BCUT2D eigenvalue weighted by molar-refractivity contribution is -0.166. The molecular formula is C27H30F2N4O4S. The zero-order valence-electron chi connectivity index (χ0n) is 22.2. The van der Waals surface area contributed by atoms with Gasteiger partial charge in [-0.1, -0.05) is 0 Å². The first kappa shape index (κ1) is 27.5.